The maximum absolute atomic E-state index is 10.2. The third kappa shape index (κ3) is 1.51. The van der Waals surface area contributed by atoms with Gasteiger partial charge >= 0.3 is 11.9 Å². The molecule has 0 unspecified atom stereocenters. The van der Waals surface area contributed by atoms with Crippen LogP contribution < -0.4 is 10.9 Å². The molecule has 0 atom stereocenters. The highest BCUT2D eigenvalue weighted by atomic mass is 16.4. The topological polar surface area (TPSA) is 111 Å². The van der Waals surface area contributed by atoms with E-state index >= 15 is 0 Å². The number of carboxylic acids is 2. The van der Waals surface area contributed by atoms with Gasteiger partial charge in [-0.15, -0.1) is 0 Å². The van der Waals surface area contributed by atoms with Crippen molar-refractivity contribution in [1.82, 2.24) is 10.9 Å². The first kappa shape index (κ1) is 8.05. The molecule has 0 radical (unpaired) electrons. The summed E-state index contributed by atoms with van der Waals surface area (Å²) >= 11 is 0. The number of nitrogens with one attached hydrogen (secondary N) is 2. The summed E-state index contributed by atoms with van der Waals surface area (Å²) in [6.45, 7) is 0. The molecule has 1 aliphatic rings. The molecule has 0 saturated carbocycles. The van der Waals surface area contributed by atoms with Crippen molar-refractivity contribution in [3.8, 4) is 0 Å². The second-order valence-electron chi connectivity index (χ2n) is 1.88. The lowest BCUT2D eigenvalue weighted by molar-refractivity contribution is -0.133. The predicted molar refractivity (Wildman–Crippen MR) is 37.1 cm³/mol. The van der Waals surface area contributed by atoms with Crippen LogP contribution in [0.1, 0.15) is 0 Å². The lowest BCUT2D eigenvalue weighted by Gasteiger charge is -2.12. The van der Waals surface area contributed by atoms with Gasteiger partial charge in [0.15, 0.2) is 5.70 Å². The average molecular weight is 171 g/mol. The van der Waals surface area contributed by atoms with Crippen LogP contribution in [0.2, 0.25) is 0 Å². The fourth-order valence-electron chi connectivity index (χ4n) is 0.538. The van der Waals surface area contributed by atoms with Crippen LogP contribution in [0, 0.1) is 0 Å². The highest BCUT2D eigenvalue weighted by Gasteiger charge is 2.15. The first-order chi connectivity index (χ1) is 5.61. The molecule has 0 aromatic heterocycles. The zero-order chi connectivity index (χ0) is 9.14. The van der Waals surface area contributed by atoms with Gasteiger partial charge < -0.3 is 10.2 Å². The number of carbonyl (C=O) groups is 2. The van der Waals surface area contributed by atoms with E-state index in [1.807, 2.05) is 0 Å². The Kier molecular flexibility index (Phi) is 1.95. The molecule has 0 amide bonds. The number of hydrazine groups is 1. The Bertz CT molecular complexity index is 263. The maximum atomic E-state index is 10.2. The van der Waals surface area contributed by atoms with Crippen molar-refractivity contribution in [2.24, 2.45) is 4.99 Å². The molecule has 7 nitrogen and oxygen atoms in total. The first-order valence-electron chi connectivity index (χ1n) is 2.88. The molecule has 0 saturated heterocycles. The molecule has 1 aliphatic heterocycles. The molecule has 1 rings (SSSR count). The summed E-state index contributed by atoms with van der Waals surface area (Å²) in [6.07, 6.45) is 0.919. The molecule has 0 spiro atoms. The van der Waals surface area contributed by atoms with Gasteiger partial charge in [-0.25, -0.2) is 14.6 Å². The van der Waals surface area contributed by atoms with Crippen LogP contribution in [0.25, 0.3) is 0 Å². The maximum Gasteiger partial charge on any atom is 0.373 e. The van der Waals surface area contributed by atoms with E-state index in [9.17, 15) is 9.59 Å². The summed E-state index contributed by atoms with van der Waals surface area (Å²) in [5, 5.41) is 16.7. The molecular weight excluding hydrogens is 166 g/mol. The summed E-state index contributed by atoms with van der Waals surface area (Å²) in [4.78, 5) is 23.8. The van der Waals surface area contributed by atoms with Gasteiger partial charge in [0.05, 0.1) is 6.20 Å². The largest absolute Gasteiger partial charge is 0.476 e. The summed E-state index contributed by atoms with van der Waals surface area (Å²) in [6, 6.07) is 0. The first-order valence-corrected chi connectivity index (χ1v) is 2.88. The van der Waals surface area contributed by atoms with Gasteiger partial charge in [-0.05, 0) is 0 Å². The van der Waals surface area contributed by atoms with E-state index in [2.05, 4.69) is 15.8 Å². The molecule has 4 N–H and O–H groups in total. The van der Waals surface area contributed by atoms with E-state index < -0.39 is 11.9 Å². The summed E-state index contributed by atoms with van der Waals surface area (Å²) < 4.78 is 0. The van der Waals surface area contributed by atoms with E-state index in [4.69, 9.17) is 10.2 Å². The fraction of sp³-hybridized carbons (Fsp3) is 0. The van der Waals surface area contributed by atoms with E-state index in [1.54, 1.807) is 0 Å². The van der Waals surface area contributed by atoms with Crippen molar-refractivity contribution < 1.29 is 19.8 Å². The number of aliphatic imine (C=N–C) groups is 1. The number of aliphatic carboxylic acids is 2. The third-order valence-electron chi connectivity index (χ3n) is 1.07. The van der Waals surface area contributed by atoms with E-state index in [-0.39, 0.29) is 11.5 Å². The van der Waals surface area contributed by atoms with Crippen LogP contribution in [0.3, 0.4) is 0 Å². The molecule has 12 heavy (non-hydrogen) atoms. The minimum atomic E-state index is -1.26. The Morgan fingerprint density at radius 3 is 2.25 bits per heavy atom. The van der Waals surface area contributed by atoms with Crippen LogP contribution >= 0.6 is 0 Å². The van der Waals surface area contributed by atoms with Crippen molar-refractivity contribution in [3.05, 3.63) is 11.9 Å². The van der Waals surface area contributed by atoms with E-state index in [1.165, 1.54) is 0 Å². The highest BCUT2D eigenvalue weighted by Crippen LogP contribution is 1.93. The Hall–Kier alpha value is -2.05. The van der Waals surface area contributed by atoms with E-state index in [0.29, 0.717) is 0 Å². The molecule has 0 fully saturated rings. The van der Waals surface area contributed by atoms with Gasteiger partial charge in [-0.1, -0.05) is 0 Å². The zero-order valence-corrected chi connectivity index (χ0v) is 5.74. The highest BCUT2D eigenvalue weighted by molar-refractivity contribution is 6.34. The van der Waals surface area contributed by atoms with Crippen LogP contribution in [0.4, 0.5) is 0 Å². The Balaban J connectivity index is 2.80. The summed E-state index contributed by atoms with van der Waals surface area (Å²) in [7, 11) is 0. The van der Waals surface area contributed by atoms with Crippen LogP contribution in [-0.2, 0) is 9.59 Å². The zero-order valence-electron chi connectivity index (χ0n) is 5.74. The van der Waals surface area contributed by atoms with Crippen molar-refractivity contribution in [2.45, 2.75) is 0 Å². The number of hydrogen-bond donors (Lipinski definition) is 4. The van der Waals surface area contributed by atoms with Crippen LogP contribution in [-0.4, -0.2) is 28.0 Å². The molecule has 1 heterocycles. The molecule has 7 heteroatoms. The van der Waals surface area contributed by atoms with Gasteiger partial charge in [-0.2, -0.15) is 0 Å². The number of rotatable bonds is 2. The van der Waals surface area contributed by atoms with Crippen LogP contribution in [0.5, 0.6) is 0 Å². The molecule has 0 aromatic rings. The molecule has 64 valence electrons. The fourth-order valence-corrected chi connectivity index (χ4v) is 0.538. The minimum absolute atomic E-state index is 0.208. The number of hydrogen-bond acceptors (Lipinski definition) is 5. The Labute approximate surface area is 66.4 Å². The summed E-state index contributed by atoms with van der Waals surface area (Å²) in [5.41, 5.74) is 4.04. The normalized spacial score (nSPS) is 15.0. The van der Waals surface area contributed by atoms with Gasteiger partial charge in [0, 0.05) is 0 Å². The standard InChI is InChI=1S/C5H5N3O4/c9-4(10)2-1-6-3(5(11)12)8-7-2/h1,7H,(H,6,8)(H,9,10)(H,11,12). The Morgan fingerprint density at radius 1 is 1.25 bits per heavy atom. The number of amidine groups is 1. The second kappa shape index (κ2) is 2.91. The number of carboxylic acid groups (broad SMARTS) is 2. The van der Waals surface area contributed by atoms with Gasteiger partial charge in [0.2, 0.25) is 5.84 Å². The monoisotopic (exact) mass is 171 g/mol. The average Bonchev–Trinajstić information content (AvgIpc) is 2.04. The van der Waals surface area contributed by atoms with Crippen molar-refractivity contribution >= 4 is 17.8 Å². The van der Waals surface area contributed by atoms with Gasteiger partial charge in [-0.3, -0.25) is 10.9 Å². The number of nitrogens with zero attached hydrogens (tertiary/aromatic N) is 1. The summed E-state index contributed by atoms with van der Waals surface area (Å²) in [5.74, 6) is -2.82. The van der Waals surface area contributed by atoms with E-state index in [0.717, 1.165) is 6.20 Å². The molecule has 0 aliphatic carbocycles. The Morgan fingerprint density at radius 2 is 1.92 bits per heavy atom. The lowest BCUT2D eigenvalue weighted by Crippen LogP contribution is -2.44. The van der Waals surface area contributed by atoms with Gasteiger partial charge in [0.25, 0.3) is 0 Å². The van der Waals surface area contributed by atoms with Crippen LogP contribution in [0.15, 0.2) is 16.9 Å². The SMILES string of the molecule is O=C(O)C1=CN=C(C(=O)O)NN1. The van der Waals surface area contributed by atoms with Crippen molar-refractivity contribution in [1.29, 1.82) is 0 Å². The second-order valence-corrected chi connectivity index (χ2v) is 1.88. The van der Waals surface area contributed by atoms with Gasteiger partial charge in [0.1, 0.15) is 0 Å². The van der Waals surface area contributed by atoms with Crippen molar-refractivity contribution in [3.63, 3.8) is 0 Å². The lowest BCUT2D eigenvalue weighted by atomic mass is 10.4. The van der Waals surface area contributed by atoms with Crippen molar-refractivity contribution in [2.75, 3.05) is 0 Å². The minimum Gasteiger partial charge on any atom is -0.476 e. The quantitative estimate of drug-likeness (QED) is 0.402. The molecule has 0 bridgehead atoms. The molecular formula is C5H5N3O4. The smallest absolute Gasteiger partial charge is 0.373 e. The predicted octanol–water partition coefficient (Wildman–Crippen LogP) is -1.50. The third-order valence-corrected chi connectivity index (χ3v) is 1.07. The molecule has 0 aromatic carbocycles.